The average molecular weight is 404 g/mol. The van der Waals surface area contributed by atoms with Crippen LogP contribution in [0.3, 0.4) is 0 Å². The van der Waals surface area contributed by atoms with Crippen LogP contribution in [0.25, 0.3) is 6.08 Å². The van der Waals surface area contributed by atoms with Gasteiger partial charge in [0, 0.05) is 15.6 Å². The molecule has 1 saturated heterocycles. The van der Waals surface area contributed by atoms with E-state index < -0.39 is 0 Å². The first kappa shape index (κ1) is 18.8. The molecule has 3 nitrogen and oxygen atoms in total. The summed E-state index contributed by atoms with van der Waals surface area (Å²) in [4.78, 5) is 26.5. The van der Waals surface area contributed by atoms with E-state index in [1.54, 1.807) is 24.3 Å². The SMILES string of the molecule is CC(/C=C1\SC(=O)N(Cc2c(Cl)cccc2Cl)C1=O)=C\c1ccccc1. The summed E-state index contributed by atoms with van der Waals surface area (Å²) < 4.78 is 0. The first-order valence-electron chi connectivity index (χ1n) is 7.87. The number of carbonyl (C=O) groups is 2. The van der Waals surface area contributed by atoms with E-state index in [1.165, 1.54) is 4.90 Å². The summed E-state index contributed by atoms with van der Waals surface area (Å²) in [7, 11) is 0. The lowest BCUT2D eigenvalue weighted by molar-refractivity contribution is -0.123. The summed E-state index contributed by atoms with van der Waals surface area (Å²) in [5.74, 6) is -0.336. The Morgan fingerprint density at radius 3 is 2.35 bits per heavy atom. The van der Waals surface area contributed by atoms with Crippen molar-refractivity contribution in [1.29, 1.82) is 0 Å². The molecule has 0 aliphatic carbocycles. The van der Waals surface area contributed by atoms with Gasteiger partial charge in [-0.05, 0) is 48.0 Å². The zero-order valence-electron chi connectivity index (χ0n) is 13.9. The van der Waals surface area contributed by atoms with Gasteiger partial charge in [-0.25, -0.2) is 0 Å². The molecule has 0 atom stereocenters. The number of thioether (sulfide) groups is 1. The normalized spacial score (nSPS) is 16.7. The maximum absolute atomic E-state index is 12.6. The Kier molecular flexibility index (Phi) is 5.87. The van der Waals surface area contributed by atoms with Crippen LogP contribution < -0.4 is 0 Å². The van der Waals surface area contributed by atoms with Gasteiger partial charge in [0.25, 0.3) is 11.1 Å². The number of allylic oxidation sites excluding steroid dienone is 2. The molecule has 0 unspecified atom stereocenters. The molecule has 0 aromatic heterocycles. The third kappa shape index (κ3) is 4.21. The Morgan fingerprint density at radius 2 is 1.69 bits per heavy atom. The highest BCUT2D eigenvalue weighted by atomic mass is 35.5. The molecule has 6 heteroatoms. The molecule has 0 N–H and O–H groups in total. The summed E-state index contributed by atoms with van der Waals surface area (Å²) in [5.41, 5.74) is 2.48. The molecule has 1 heterocycles. The van der Waals surface area contributed by atoms with Crippen LogP contribution in [0.2, 0.25) is 10.0 Å². The fourth-order valence-corrected chi connectivity index (χ4v) is 3.94. The molecular weight excluding hydrogens is 389 g/mol. The maximum atomic E-state index is 12.6. The Bertz CT molecular complexity index is 902. The van der Waals surface area contributed by atoms with Crippen molar-refractivity contribution in [2.75, 3.05) is 0 Å². The molecule has 3 rings (SSSR count). The summed E-state index contributed by atoms with van der Waals surface area (Å²) in [5, 5.41) is 0.533. The number of imide groups is 1. The lowest BCUT2D eigenvalue weighted by Crippen LogP contribution is -2.27. The minimum absolute atomic E-state index is 0.0575. The van der Waals surface area contributed by atoms with Crippen LogP contribution >= 0.6 is 35.0 Å². The zero-order valence-corrected chi connectivity index (χ0v) is 16.2. The van der Waals surface area contributed by atoms with Crippen LogP contribution in [-0.4, -0.2) is 16.0 Å². The lowest BCUT2D eigenvalue weighted by Gasteiger charge is -2.14. The summed E-state index contributed by atoms with van der Waals surface area (Å²) in [6, 6.07) is 14.9. The van der Waals surface area contributed by atoms with Gasteiger partial charge in [-0.1, -0.05) is 65.7 Å². The highest BCUT2D eigenvalue weighted by molar-refractivity contribution is 8.18. The molecule has 0 saturated carbocycles. The topological polar surface area (TPSA) is 37.4 Å². The van der Waals surface area contributed by atoms with E-state index >= 15 is 0 Å². The molecule has 0 bridgehead atoms. The second-order valence-electron chi connectivity index (χ2n) is 5.77. The number of carbonyl (C=O) groups excluding carboxylic acids is 2. The number of hydrogen-bond acceptors (Lipinski definition) is 3. The number of hydrogen-bond donors (Lipinski definition) is 0. The van der Waals surface area contributed by atoms with Crippen molar-refractivity contribution in [2.45, 2.75) is 13.5 Å². The van der Waals surface area contributed by atoms with Crippen molar-refractivity contribution in [2.24, 2.45) is 0 Å². The predicted molar refractivity (Wildman–Crippen MR) is 108 cm³/mol. The largest absolute Gasteiger partial charge is 0.293 e. The van der Waals surface area contributed by atoms with E-state index in [2.05, 4.69) is 0 Å². The number of amides is 2. The van der Waals surface area contributed by atoms with Crippen LogP contribution in [0.4, 0.5) is 4.79 Å². The molecule has 132 valence electrons. The Hall–Kier alpha value is -2.01. The lowest BCUT2D eigenvalue weighted by atomic mass is 10.1. The van der Waals surface area contributed by atoms with Gasteiger partial charge in [-0.2, -0.15) is 0 Å². The summed E-state index contributed by atoms with van der Waals surface area (Å²) in [6.07, 6.45) is 3.69. The van der Waals surface area contributed by atoms with Gasteiger partial charge in [-0.15, -0.1) is 0 Å². The molecule has 2 aromatic rings. The van der Waals surface area contributed by atoms with Crippen LogP contribution in [-0.2, 0) is 11.3 Å². The fraction of sp³-hybridized carbons (Fsp3) is 0.100. The van der Waals surface area contributed by atoms with E-state index in [1.807, 2.05) is 43.3 Å². The van der Waals surface area contributed by atoms with Crippen molar-refractivity contribution >= 4 is 52.2 Å². The Balaban J connectivity index is 1.82. The average Bonchev–Trinajstić information content (AvgIpc) is 2.86. The molecule has 0 spiro atoms. The molecule has 1 aliphatic rings. The van der Waals surface area contributed by atoms with Gasteiger partial charge in [0.2, 0.25) is 0 Å². The maximum Gasteiger partial charge on any atom is 0.293 e. The van der Waals surface area contributed by atoms with Gasteiger partial charge < -0.3 is 0 Å². The molecule has 26 heavy (non-hydrogen) atoms. The third-order valence-corrected chi connectivity index (χ3v) is 5.42. The fourth-order valence-electron chi connectivity index (χ4n) is 2.54. The number of benzene rings is 2. The molecule has 1 fully saturated rings. The predicted octanol–water partition coefficient (Wildman–Crippen LogP) is 6.18. The van der Waals surface area contributed by atoms with Gasteiger partial charge in [-0.3, -0.25) is 14.5 Å². The van der Waals surface area contributed by atoms with Crippen molar-refractivity contribution in [1.82, 2.24) is 4.90 Å². The first-order valence-corrected chi connectivity index (χ1v) is 9.44. The third-order valence-electron chi connectivity index (χ3n) is 3.80. The van der Waals surface area contributed by atoms with E-state index in [0.29, 0.717) is 20.5 Å². The van der Waals surface area contributed by atoms with Crippen LogP contribution in [0.5, 0.6) is 0 Å². The molecular formula is C20H15Cl2NO2S. The molecule has 1 aliphatic heterocycles. The van der Waals surface area contributed by atoms with Gasteiger partial charge in [0.05, 0.1) is 11.4 Å². The Morgan fingerprint density at radius 1 is 1.04 bits per heavy atom. The van der Waals surface area contributed by atoms with Crippen LogP contribution in [0.1, 0.15) is 18.1 Å². The number of halogens is 2. The second-order valence-corrected chi connectivity index (χ2v) is 7.57. The van der Waals surface area contributed by atoms with E-state index in [9.17, 15) is 9.59 Å². The van der Waals surface area contributed by atoms with Crippen molar-refractivity contribution < 1.29 is 9.59 Å². The standard InChI is InChI=1S/C20H15Cl2NO2S/c1-13(10-14-6-3-2-4-7-14)11-18-19(24)23(20(25)26-18)12-15-16(21)8-5-9-17(15)22/h2-11H,12H2,1H3/b13-10+,18-11-. The van der Waals surface area contributed by atoms with Gasteiger partial charge in [0.1, 0.15) is 0 Å². The van der Waals surface area contributed by atoms with Crippen molar-refractivity contribution in [3.8, 4) is 0 Å². The van der Waals surface area contributed by atoms with E-state index in [-0.39, 0.29) is 17.7 Å². The minimum atomic E-state index is -0.336. The van der Waals surface area contributed by atoms with E-state index in [4.69, 9.17) is 23.2 Å². The zero-order chi connectivity index (χ0) is 18.7. The van der Waals surface area contributed by atoms with E-state index in [0.717, 1.165) is 22.9 Å². The molecule has 0 radical (unpaired) electrons. The highest BCUT2D eigenvalue weighted by Gasteiger charge is 2.35. The number of nitrogens with zero attached hydrogens (tertiary/aromatic N) is 1. The van der Waals surface area contributed by atoms with Gasteiger partial charge >= 0.3 is 0 Å². The molecule has 2 aromatic carbocycles. The summed E-state index contributed by atoms with van der Waals surface area (Å²) in [6.45, 7) is 1.95. The molecule has 2 amide bonds. The quantitative estimate of drug-likeness (QED) is 0.572. The van der Waals surface area contributed by atoms with Crippen LogP contribution in [0.15, 0.2) is 65.1 Å². The van der Waals surface area contributed by atoms with Crippen molar-refractivity contribution in [3.63, 3.8) is 0 Å². The first-order chi connectivity index (χ1) is 12.5. The minimum Gasteiger partial charge on any atom is -0.268 e. The monoisotopic (exact) mass is 403 g/mol. The van der Waals surface area contributed by atoms with Gasteiger partial charge in [0.15, 0.2) is 0 Å². The second kappa shape index (κ2) is 8.12. The Labute approximate surface area is 166 Å². The summed E-state index contributed by atoms with van der Waals surface area (Å²) >= 11 is 13.2. The van der Waals surface area contributed by atoms with Crippen LogP contribution in [0, 0.1) is 0 Å². The number of rotatable bonds is 4. The van der Waals surface area contributed by atoms with Crippen molar-refractivity contribution in [3.05, 3.63) is 86.3 Å². The smallest absolute Gasteiger partial charge is 0.268 e. The highest BCUT2D eigenvalue weighted by Crippen LogP contribution is 2.35.